The molecule has 1 amide bonds. The van der Waals surface area contributed by atoms with Crippen molar-refractivity contribution in [3.63, 3.8) is 0 Å². The van der Waals surface area contributed by atoms with Crippen LogP contribution in [0, 0.1) is 5.82 Å². The zero-order valence-electron chi connectivity index (χ0n) is 9.88. The van der Waals surface area contributed by atoms with Crippen LogP contribution in [0.2, 0.25) is 0 Å². The molecule has 94 valence electrons. The molecule has 0 aliphatic heterocycles. The van der Waals surface area contributed by atoms with E-state index in [2.05, 4.69) is 28.2 Å². The number of carbonyl (C=O) groups excluding carboxylic acids is 1. The van der Waals surface area contributed by atoms with Gasteiger partial charge in [-0.1, -0.05) is 47.8 Å². The number of carbonyl (C=O) groups is 1. The summed E-state index contributed by atoms with van der Waals surface area (Å²) in [6.07, 6.45) is 2.94. The zero-order chi connectivity index (χ0) is 12.7. The van der Waals surface area contributed by atoms with E-state index in [9.17, 15) is 9.18 Å². The van der Waals surface area contributed by atoms with E-state index < -0.39 is 0 Å². The molecule has 0 saturated carbocycles. The molecule has 1 N–H and O–H groups in total. The Morgan fingerprint density at radius 1 is 1.41 bits per heavy atom. The van der Waals surface area contributed by atoms with E-state index in [1.165, 1.54) is 12.1 Å². The Labute approximate surface area is 110 Å². The molecule has 1 aromatic carbocycles. The number of alkyl halides is 1. The van der Waals surface area contributed by atoms with Crippen molar-refractivity contribution >= 4 is 21.8 Å². The topological polar surface area (TPSA) is 29.1 Å². The minimum absolute atomic E-state index is 0.0113. The highest BCUT2D eigenvalue weighted by molar-refractivity contribution is 9.10. The number of unbranched alkanes of at least 4 members (excludes halogenated alkanes) is 1. The maximum Gasteiger partial charge on any atom is 0.234 e. The first-order valence-electron chi connectivity index (χ1n) is 5.79. The van der Waals surface area contributed by atoms with Crippen LogP contribution in [0.1, 0.15) is 31.7 Å². The van der Waals surface area contributed by atoms with Crippen molar-refractivity contribution in [2.75, 3.05) is 0 Å². The van der Waals surface area contributed by atoms with Crippen LogP contribution in [0.15, 0.2) is 24.3 Å². The number of nitrogens with one attached hydrogen (secondary N) is 1. The quantitative estimate of drug-likeness (QED) is 0.802. The molecule has 4 heteroatoms. The van der Waals surface area contributed by atoms with Crippen LogP contribution >= 0.6 is 15.9 Å². The van der Waals surface area contributed by atoms with Crippen molar-refractivity contribution in [1.82, 2.24) is 5.32 Å². The summed E-state index contributed by atoms with van der Waals surface area (Å²) in [4.78, 5) is 11.5. The van der Waals surface area contributed by atoms with Gasteiger partial charge < -0.3 is 5.32 Å². The van der Waals surface area contributed by atoms with Gasteiger partial charge in [-0.25, -0.2) is 4.39 Å². The van der Waals surface area contributed by atoms with E-state index in [-0.39, 0.29) is 16.6 Å². The monoisotopic (exact) mass is 301 g/mol. The van der Waals surface area contributed by atoms with Crippen LogP contribution in [-0.4, -0.2) is 10.7 Å². The first-order valence-corrected chi connectivity index (χ1v) is 6.71. The molecule has 1 unspecified atom stereocenters. The Hall–Kier alpha value is -0.900. The molecular formula is C13H17BrFNO. The van der Waals surface area contributed by atoms with E-state index in [1.54, 1.807) is 12.1 Å². The smallest absolute Gasteiger partial charge is 0.234 e. The van der Waals surface area contributed by atoms with Gasteiger partial charge in [0.25, 0.3) is 0 Å². The molecular weight excluding hydrogens is 285 g/mol. The molecule has 1 atom stereocenters. The summed E-state index contributed by atoms with van der Waals surface area (Å²) >= 11 is 3.36. The SMILES string of the molecule is CCCCC(Br)C(=O)NCc1ccc(F)cc1. The molecule has 0 fully saturated rings. The third-order valence-corrected chi connectivity index (χ3v) is 3.35. The normalized spacial score (nSPS) is 12.2. The summed E-state index contributed by atoms with van der Waals surface area (Å²) in [5, 5.41) is 2.82. The fourth-order valence-electron chi connectivity index (χ4n) is 1.42. The Bertz CT molecular complexity index is 353. The Morgan fingerprint density at radius 2 is 2.06 bits per heavy atom. The highest BCUT2D eigenvalue weighted by Crippen LogP contribution is 2.10. The van der Waals surface area contributed by atoms with Crippen molar-refractivity contribution in [1.29, 1.82) is 0 Å². The van der Waals surface area contributed by atoms with Crippen molar-refractivity contribution in [2.24, 2.45) is 0 Å². The van der Waals surface area contributed by atoms with Gasteiger partial charge in [-0.05, 0) is 24.1 Å². The fourth-order valence-corrected chi connectivity index (χ4v) is 1.90. The maximum atomic E-state index is 12.7. The average molecular weight is 302 g/mol. The van der Waals surface area contributed by atoms with Crippen LogP contribution in [0.25, 0.3) is 0 Å². The minimum atomic E-state index is -0.263. The van der Waals surface area contributed by atoms with Crippen molar-refractivity contribution < 1.29 is 9.18 Å². The molecule has 0 aromatic heterocycles. The second kappa shape index (κ2) is 7.43. The molecule has 1 rings (SSSR count). The fraction of sp³-hybridized carbons (Fsp3) is 0.462. The predicted octanol–water partition coefficient (Wildman–Crippen LogP) is 3.40. The lowest BCUT2D eigenvalue weighted by molar-refractivity contribution is -0.120. The molecule has 0 saturated heterocycles. The first kappa shape index (κ1) is 14.2. The second-order valence-corrected chi connectivity index (χ2v) is 5.06. The van der Waals surface area contributed by atoms with Gasteiger partial charge in [-0.3, -0.25) is 4.79 Å². The number of hydrogen-bond acceptors (Lipinski definition) is 1. The third kappa shape index (κ3) is 5.31. The largest absolute Gasteiger partial charge is 0.351 e. The molecule has 0 aliphatic rings. The van der Waals surface area contributed by atoms with Gasteiger partial charge in [-0.15, -0.1) is 0 Å². The highest BCUT2D eigenvalue weighted by atomic mass is 79.9. The van der Waals surface area contributed by atoms with Crippen molar-refractivity contribution in [3.8, 4) is 0 Å². The van der Waals surface area contributed by atoms with Crippen LogP contribution in [0.4, 0.5) is 4.39 Å². The average Bonchev–Trinajstić information content (AvgIpc) is 2.34. The van der Waals surface area contributed by atoms with E-state index in [1.807, 2.05) is 0 Å². The first-order chi connectivity index (χ1) is 8.13. The van der Waals surface area contributed by atoms with Crippen molar-refractivity contribution in [3.05, 3.63) is 35.6 Å². The van der Waals surface area contributed by atoms with E-state index >= 15 is 0 Å². The summed E-state index contributed by atoms with van der Waals surface area (Å²) in [7, 11) is 0. The van der Waals surface area contributed by atoms with Gasteiger partial charge in [0.2, 0.25) is 5.91 Å². The maximum absolute atomic E-state index is 12.7. The molecule has 0 heterocycles. The lowest BCUT2D eigenvalue weighted by atomic mass is 10.2. The molecule has 17 heavy (non-hydrogen) atoms. The van der Waals surface area contributed by atoms with Gasteiger partial charge in [0.1, 0.15) is 5.82 Å². The highest BCUT2D eigenvalue weighted by Gasteiger charge is 2.13. The molecule has 0 radical (unpaired) electrons. The van der Waals surface area contributed by atoms with Gasteiger partial charge in [0.15, 0.2) is 0 Å². The Balaban J connectivity index is 2.34. The second-order valence-electron chi connectivity index (χ2n) is 3.95. The summed E-state index contributed by atoms with van der Waals surface area (Å²) < 4.78 is 12.7. The van der Waals surface area contributed by atoms with Crippen LogP contribution in [-0.2, 0) is 11.3 Å². The molecule has 0 aliphatic carbocycles. The predicted molar refractivity (Wildman–Crippen MR) is 70.5 cm³/mol. The molecule has 0 bridgehead atoms. The van der Waals surface area contributed by atoms with E-state index in [0.717, 1.165) is 24.8 Å². The summed E-state index contributed by atoms with van der Waals surface area (Å²) in [5.74, 6) is -0.274. The Morgan fingerprint density at radius 3 is 2.65 bits per heavy atom. The van der Waals surface area contributed by atoms with Crippen LogP contribution in [0.5, 0.6) is 0 Å². The lowest BCUT2D eigenvalue weighted by Gasteiger charge is -2.10. The number of hydrogen-bond donors (Lipinski definition) is 1. The van der Waals surface area contributed by atoms with E-state index in [0.29, 0.717) is 6.54 Å². The zero-order valence-corrected chi connectivity index (χ0v) is 11.5. The van der Waals surface area contributed by atoms with Gasteiger partial charge in [0, 0.05) is 6.54 Å². The molecule has 0 spiro atoms. The van der Waals surface area contributed by atoms with E-state index in [4.69, 9.17) is 0 Å². The third-order valence-electron chi connectivity index (χ3n) is 2.48. The van der Waals surface area contributed by atoms with Gasteiger partial charge in [0.05, 0.1) is 4.83 Å². The van der Waals surface area contributed by atoms with Crippen molar-refractivity contribution in [2.45, 2.75) is 37.6 Å². The summed E-state index contributed by atoms with van der Waals surface area (Å²) in [5.41, 5.74) is 0.898. The minimum Gasteiger partial charge on any atom is -0.351 e. The number of amides is 1. The van der Waals surface area contributed by atoms with Gasteiger partial charge in [-0.2, -0.15) is 0 Å². The molecule has 1 aromatic rings. The summed E-state index contributed by atoms with van der Waals surface area (Å²) in [6.45, 7) is 2.53. The standard InChI is InChI=1S/C13H17BrFNO/c1-2-3-4-12(14)13(17)16-9-10-5-7-11(15)8-6-10/h5-8,12H,2-4,9H2,1H3,(H,16,17). The Kier molecular flexibility index (Phi) is 6.19. The van der Waals surface area contributed by atoms with Gasteiger partial charge >= 0.3 is 0 Å². The number of halogens is 2. The molecule has 2 nitrogen and oxygen atoms in total. The van der Waals surface area contributed by atoms with Crippen LogP contribution < -0.4 is 5.32 Å². The number of rotatable bonds is 6. The van der Waals surface area contributed by atoms with Crippen LogP contribution in [0.3, 0.4) is 0 Å². The lowest BCUT2D eigenvalue weighted by Crippen LogP contribution is -2.30. The summed E-state index contributed by atoms with van der Waals surface area (Å²) in [6, 6.07) is 6.13. The number of benzene rings is 1.